The van der Waals surface area contributed by atoms with Gasteiger partial charge in [-0.1, -0.05) is 0 Å². The van der Waals surface area contributed by atoms with E-state index in [-0.39, 0.29) is 0 Å². The third-order valence-electron chi connectivity index (χ3n) is 2.37. The Bertz CT molecular complexity index is 591. The van der Waals surface area contributed by atoms with Crippen LogP contribution in [0.15, 0.2) is 36.9 Å². The van der Waals surface area contributed by atoms with Crippen molar-refractivity contribution in [1.82, 2.24) is 34.5 Å². The molecule has 3 heterocycles. The molecule has 3 aromatic rings. The predicted octanol–water partition coefficient (Wildman–Crippen LogP) is 0.675. The molecule has 0 saturated heterocycles. The zero-order chi connectivity index (χ0) is 13.1. The Morgan fingerprint density at radius 2 is 1.53 bits per heavy atom. The first-order valence-electron chi connectivity index (χ1n) is 5.87. The lowest BCUT2D eigenvalue weighted by atomic mass is 10.7. The standard InChI is InChI=1S/C11H12N8/c1-2-12-9-15-10(18-7-3-5-13-18)17-11(16-9)19-8-4-6-14-19/h3-8H,2H2,1H3,(H,12,15,16,17). The van der Waals surface area contributed by atoms with Crippen LogP contribution in [-0.4, -0.2) is 41.1 Å². The second kappa shape index (κ2) is 4.84. The molecule has 1 N–H and O–H groups in total. The van der Waals surface area contributed by atoms with E-state index in [1.165, 1.54) is 0 Å². The average Bonchev–Trinajstić information content (AvgIpc) is 3.12. The van der Waals surface area contributed by atoms with Crippen molar-refractivity contribution >= 4 is 5.95 Å². The highest BCUT2D eigenvalue weighted by Crippen LogP contribution is 2.07. The minimum Gasteiger partial charge on any atom is -0.354 e. The summed E-state index contributed by atoms with van der Waals surface area (Å²) in [6.45, 7) is 2.70. The van der Waals surface area contributed by atoms with Crippen LogP contribution in [0.3, 0.4) is 0 Å². The lowest BCUT2D eigenvalue weighted by Crippen LogP contribution is -2.13. The molecule has 0 bridgehead atoms. The van der Waals surface area contributed by atoms with Gasteiger partial charge in [-0.05, 0) is 19.1 Å². The van der Waals surface area contributed by atoms with Gasteiger partial charge in [0.1, 0.15) is 0 Å². The first kappa shape index (κ1) is 11.3. The van der Waals surface area contributed by atoms with E-state index in [0.29, 0.717) is 17.8 Å². The fourth-order valence-corrected chi connectivity index (χ4v) is 1.57. The first-order chi connectivity index (χ1) is 9.36. The summed E-state index contributed by atoms with van der Waals surface area (Å²) in [5.74, 6) is 1.39. The van der Waals surface area contributed by atoms with Gasteiger partial charge < -0.3 is 5.32 Å². The van der Waals surface area contributed by atoms with Crippen LogP contribution in [0.25, 0.3) is 11.9 Å². The Morgan fingerprint density at radius 1 is 0.947 bits per heavy atom. The second-order valence-electron chi connectivity index (χ2n) is 3.69. The van der Waals surface area contributed by atoms with Crippen LogP contribution in [0, 0.1) is 0 Å². The van der Waals surface area contributed by atoms with Crippen molar-refractivity contribution in [3.05, 3.63) is 36.9 Å². The maximum Gasteiger partial charge on any atom is 0.257 e. The largest absolute Gasteiger partial charge is 0.354 e. The minimum atomic E-state index is 0.446. The summed E-state index contributed by atoms with van der Waals surface area (Å²) in [4.78, 5) is 12.9. The molecule has 0 aromatic carbocycles. The molecule has 19 heavy (non-hydrogen) atoms. The van der Waals surface area contributed by atoms with Crippen LogP contribution in [0.1, 0.15) is 6.92 Å². The molecule has 8 nitrogen and oxygen atoms in total. The van der Waals surface area contributed by atoms with Gasteiger partial charge >= 0.3 is 0 Å². The summed E-state index contributed by atoms with van der Waals surface area (Å²) in [6, 6.07) is 3.62. The van der Waals surface area contributed by atoms with Crippen molar-refractivity contribution in [3.63, 3.8) is 0 Å². The van der Waals surface area contributed by atoms with Crippen LogP contribution < -0.4 is 5.32 Å². The van der Waals surface area contributed by atoms with Gasteiger partial charge in [0.15, 0.2) is 0 Å². The summed E-state index contributed by atoms with van der Waals surface area (Å²) in [5.41, 5.74) is 0. The van der Waals surface area contributed by atoms with Gasteiger partial charge in [0, 0.05) is 31.3 Å². The lowest BCUT2D eigenvalue weighted by molar-refractivity contribution is 0.745. The molecular weight excluding hydrogens is 244 g/mol. The maximum absolute atomic E-state index is 4.34. The van der Waals surface area contributed by atoms with Gasteiger partial charge in [-0.15, -0.1) is 0 Å². The summed E-state index contributed by atoms with van der Waals surface area (Å²) in [7, 11) is 0. The summed E-state index contributed by atoms with van der Waals surface area (Å²) in [6.07, 6.45) is 6.89. The molecule has 0 aliphatic carbocycles. The highest BCUT2D eigenvalue weighted by molar-refractivity contribution is 5.32. The topological polar surface area (TPSA) is 86.3 Å². The number of nitrogens with zero attached hydrogens (tertiary/aromatic N) is 7. The van der Waals surface area contributed by atoms with E-state index in [2.05, 4.69) is 30.5 Å². The second-order valence-corrected chi connectivity index (χ2v) is 3.69. The van der Waals surface area contributed by atoms with E-state index in [1.807, 2.05) is 19.1 Å². The van der Waals surface area contributed by atoms with Gasteiger partial charge in [0.2, 0.25) is 5.95 Å². The monoisotopic (exact) mass is 256 g/mol. The number of hydrogen-bond donors (Lipinski definition) is 1. The van der Waals surface area contributed by atoms with Crippen molar-refractivity contribution in [3.8, 4) is 11.9 Å². The van der Waals surface area contributed by atoms with Gasteiger partial charge in [0.25, 0.3) is 11.9 Å². The van der Waals surface area contributed by atoms with Gasteiger partial charge in [-0.25, -0.2) is 9.36 Å². The Hall–Kier alpha value is -2.77. The molecule has 0 radical (unpaired) electrons. The quantitative estimate of drug-likeness (QED) is 0.738. The maximum atomic E-state index is 4.34. The van der Waals surface area contributed by atoms with E-state index >= 15 is 0 Å². The fraction of sp³-hybridized carbons (Fsp3) is 0.182. The summed E-state index contributed by atoms with van der Waals surface area (Å²) >= 11 is 0. The van der Waals surface area contributed by atoms with Crippen LogP contribution in [-0.2, 0) is 0 Å². The Balaban J connectivity index is 2.09. The molecule has 0 fully saturated rings. The first-order valence-corrected chi connectivity index (χ1v) is 5.87. The zero-order valence-electron chi connectivity index (χ0n) is 10.3. The highest BCUT2D eigenvalue weighted by atomic mass is 15.4. The van der Waals surface area contributed by atoms with Crippen LogP contribution in [0.2, 0.25) is 0 Å². The van der Waals surface area contributed by atoms with E-state index < -0.39 is 0 Å². The predicted molar refractivity (Wildman–Crippen MR) is 68.2 cm³/mol. The summed E-state index contributed by atoms with van der Waals surface area (Å²) < 4.78 is 3.16. The number of nitrogens with one attached hydrogen (secondary N) is 1. The van der Waals surface area contributed by atoms with E-state index in [1.54, 1.807) is 34.2 Å². The smallest absolute Gasteiger partial charge is 0.257 e. The van der Waals surface area contributed by atoms with E-state index in [0.717, 1.165) is 6.54 Å². The molecule has 0 aliphatic heterocycles. The van der Waals surface area contributed by atoms with E-state index in [9.17, 15) is 0 Å². The molecule has 3 rings (SSSR count). The van der Waals surface area contributed by atoms with Crippen LogP contribution in [0.5, 0.6) is 0 Å². The molecule has 3 aromatic heterocycles. The van der Waals surface area contributed by atoms with Crippen molar-refractivity contribution in [1.29, 1.82) is 0 Å². The van der Waals surface area contributed by atoms with Gasteiger partial charge in [-0.3, -0.25) is 0 Å². The molecule has 0 aliphatic rings. The Kier molecular flexibility index (Phi) is 2.89. The number of anilines is 1. The number of aromatic nitrogens is 7. The van der Waals surface area contributed by atoms with Gasteiger partial charge in [0.05, 0.1) is 0 Å². The molecular formula is C11H12N8. The fourth-order valence-electron chi connectivity index (χ4n) is 1.57. The third kappa shape index (κ3) is 2.28. The highest BCUT2D eigenvalue weighted by Gasteiger charge is 2.09. The zero-order valence-corrected chi connectivity index (χ0v) is 10.3. The summed E-state index contributed by atoms with van der Waals surface area (Å²) in [5, 5.41) is 11.3. The SMILES string of the molecule is CCNc1nc(-n2cccn2)nc(-n2cccn2)n1. The number of hydrogen-bond acceptors (Lipinski definition) is 6. The Morgan fingerprint density at radius 3 is 1.95 bits per heavy atom. The van der Waals surface area contributed by atoms with Crippen molar-refractivity contribution in [2.24, 2.45) is 0 Å². The molecule has 0 atom stereocenters. The third-order valence-corrected chi connectivity index (χ3v) is 2.37. The van der Waals surface area contributed by atoms with Crippen molar-refractivity contribution < 1.29 is 0 Å². The molecule has 96 valence electrons. The van der Waals surface area contributed by atoms with Gasteiger partial charge in [-0.2, -0.15) is 25.1 Å². The molecule has 0 saturated carbocycles. The minimum absolute atomic E-state index is 0.446. The molecule has 0 unspecified atom stereocenters. The van der Waals surface area contributed by atoms with Crippen LogP contribution >= 0.6 is 0 Å². The average molecular weight is 256 g/mol. The van der Waals surface area contributed by atoms with Crippen LogP contribution in [0.4, 0.5) is 5.95 Å². The normalized spacial score (nSPS) is 10.6. The lowest BCUT2D eigenvalue weighted by Gasteiger charge is -2.07. The molecule has 8 heteroatoms. The molecule has 0 amide bonds. The number of rotatable bonds is 4. The molecule has 0 spiro atoms. The van der Waals surface area contributed by atoms with Crippen molar-refractivity contribution in [2.45, 2.75) is 6.92 Å². The Labute approximate surface area is 109 Å². The van der Waals surface area contributed by atoms with Crippen molar-refractivity contribution in [2.75, 3.05) is 11.9 Å². The van der Waals surface area contributed by atoms with E-state index in [4.69, 9.17) is 0 Å².